The highest BCUT2D eigenvalue weighted by molar-refractivity contribution is 8.00. The number of aliphatic hydroxyl groups excluding tert-OH is 1. The van der Waals surface area contributed by atoms with Crippen molar-refractivity contribution in [3.63, 3.8) is 0 Å². The third kappa shape index (κ3) is 4.12. The van der Waals surface area contributed by atoms with Crippen LogP contribution in [-0.4, -0.2) is 28.6 Å². The monoisotopic (exact) mass is 240 g/mol. The van der Waals surface area contributed by atoms with E-state index in [9.17, 15) is 4.79 Å². The van der Waals surface area contributed by atoms with Gasteiger partial charge < -0.3 is 16.2 Å². The van der Waals surface area contributed by atoms with Crippen LogP contribution in [0.3, 0.4) is 0 Å². The van der Waals surface area contributed by atoms with Crippen molar-refractivity contribution in [1.82, 2.24) is 0 Å². The van der Waals surface area contributed by atoms with E-state index in [0.29, 0.717) is 17.1 Å². The second kappa shape index (κ2) is 6.40. The molecule has 16 heavy (non-hydrogen) atoms. The lowest BCUT2D eigenvalue weighted by Crippen LogP contribution is -2.17. The Hall–Kier alpha value is -1.20. The minimum atomic E-state index is -0.108. The van der Waals surface area contributed by atoms with Gasteiger partial charge in [0, 0.05) is 5.25 Å². The standard InChI is InChI=1S/C11H16N2O2S/c1-8(6-14)16-7-11(15)13-10-5-3-2-4-9(10)12/h2-5,8,14H,6-7,12H2,1H3,(H,13,15). The molecule has 0 aliphatic heterocycles. The summed E-state index contributed by atoms with van der Waals surface area (Å²) in [6.07, 6.45) is 0. The van der Waals surface area contributed by atoms with Gasteiger partial charge in [-0.05, 0) is 12.1 Å². The average molecular weight is 240 g/mol. The molecule has 0 saturated heterocycles. The SMILES string of the molecule is CC(CO)SCC(=O)Nc1ccccc1N. The summed E-state index contributed by atoms with van der Waals surface area (Å²) in [5, 5.41) is 11.6. The predicted molar refractivity (Wildman–Crippen MR) is 68.5 cm³/mol. The first-order valence-corrected chi connectivity index (χ1v) is 6.05. The molecule has 88 valence electrons. The van der Waals surface area contributed by atoms with Gasteiger partial charge in [0.1, 0.15) is 0 Å². The second-order valence-electron chi connectivity index (χ2n) is 3.44. The van der Waals surface area contributed by atoms with Crippen LogP contribution in [0.25, 0.3) is 0 Å². The van der Waals surface area contributed by atoms with Crippen LogP contribution in [0.4, 0.5) is 11.4 Å². The Bertz CT molecular complexity index is 358. The number of rotatable bonds is 5. The number of hydrogen-bond donors (Lipinski definition) is 3. The van der Waals surface area contributed by atoms with Gasteiger partial charge in [-0.15, -0.1) is 11.8 Å². The van der Waals surface area contributed by atoms with Crippen molar-refractivity contribution in [2.75, 3.05) is 23.4 Å². The maximum atomic E-state index is 11.5. The van der Waals surface area contributed by atoms with Crippen molar-refractivity contribution in [2.24, 2.45) is 0 Å². The topological polar surface area (TPSA) is 75.3 Å². The van der Waals surface area contributed by atoms with Crippen molar-refractivity contribution < 1.29 is 9.90 Å². The van der Waals surface area contributed by atoms with E-state index < -0.39 is 0 Å². The molecule has 0 aliphatic carbocycles. The first-order valence-electron chi connectivity index (χ1n) is 5.00. The lowest BCUT2D eigenvalue weighted by Gasteiger charge is -2.09. The van der Waals surface area contributed by atoms with Crippen molar-refractivity contribution in [1.29, 1.82) is 0 Å². The van der Waals surface area contributed by atoms with E-state index in [-0.39, 0.29) is 17.8 Å². The molecule has 0 spiro atoms. The van der Waals surface area contributed by atoms with Crippen LogP contribution in [0.15, 0.2) is 24.3 Å². The van der Waals surface area contributed by atoms with Crippen molar-refractivity contribution in [3.8, 4) is 0 Å². The smallest absolute Gasteiger partial charge is 0.234 e. The molecule has 0 bridgehead atoms. The number of benzene rings is 1. The molecule has 1 aromatic rings. The quantitative estimate of drug-likeness (QED) is 0.679. The van der Waals surface area contributed by atoms with Crippen molar-refractivity contribution >= 4 is 29.0 Å². The molecular formula is C11H16N2O2S. The molecule has 1 rings (SSSR count). The fraction of sp³-hybridized carbons (Fsp3) is 0.364. The number of thioether (sulfide) groups is 1. The molecule has 5 heteroatoms. The summed E-state index contributed by atoms with van der Waals surface area (Å²) in [4.78, 5) is 11.5. The van der Waals surface area contributed by atoms with Gasteiger partial charge in [0.15, 0.2) is 0 Å². The van der Waals surface area contributed by atoms with Gasteiger partial charge in [0.2, 0.25) is 5.91 Å². The summed E-state index contributed by atoms with van der Waals surface area (Å²) in [6.45, 7) is 1.94. The highest BCUT2D eigenvalue weighted by Crippen LogP contribution is 2.17. The van der Waals surface area contributed by atoms with Crippen LogP contribution < -0.4 is 11.1 Å². The van der Waals surface area contributed by atoms with Crippen molar-refractivity contribution in [2.45, 2.75) is 12.2 Å². The number of nitrogen functional groups attached to an aromatic ring is 1. The van der Waals surface area contributed by atoms with E-state index >= 15 is 0 Å². The zero-order valence-electron chi connectivity index (χ0n) is 9.14. The summed E-state index contributed by atoms with van der Waals surface area (Å²) >= 11 is 1.41. The molecule has 1 unspecified atom stereocenters. The zero-order valence-corrected chi connectivity index (χ0v) is 9.96. The van der Waals surface area contributed by atoms with Gasteiger partial charge in [0.05, 0.1) is 23.7 Å². The van der Waals surface area contributed by atoms with Gasteiger partial charge in [-0.2, -0.15) is 0 Å². The van der Waals surface area contributed by atoms with Crippen LogP contribution in [0.2, 0.25) is 0 Å². The van der Waals surface area contributed by atoms with Gasteiger partial charge in [-0.25, -0.2) is 0 Å². The number of amides is 1. The van der Waals surface area contributed by atoms with Crippen molar-refractivity contribution in [3.05, 3.63) is 24.3 Å². The molecule has 4 nitrogen and oxygen atoms in total. The Balaban J connectivity index is 2.43. The number of nitrogens with one attached hydrogen (secondary N) is 1. The van der Waals surface area contributed by atoms with Gasteiger partial charge >= 0.3 is 0 Å². The molecule has 1 amide bonds. The number of hydrogen-bond acceptors (Lipinski definition) is 4. The summed E-state index contributed by atoms with van der Waals surface area (Å²) in [6, 6.07) is 7.12. The highest BCUT2D eigenvalue weighted by Gasteiger charge is 2.07. The van der Waals surface area contributed by atoms with E-state index in [2.05, 4.69) is 5.32 Å². The maximum Gasteiger partial charge on any atom is 0.234 e. The number of para-hydroxylation sites is 2. The fourth-order valence-corrected chi connectivity index (χ4v) is 1.68. The van der Waals surface area contributed by atoms with E-state index in [1.807, 2.05) is 19.1 Å². The number of carbonyl (C=O) groups is 1. The fourth-order valence-electron chi connectivity index (χ4n) is 1.07. The lowest BCUT2D eigenvalue weighted by molar-refractivity contribution is -0.113. The van der Waals surface area contributed by atoms with E-state index in [1.165, 1.54) is 11.8 Å². The van der Waals surface area contributed by atoms with E-state index in [4.69, 9.17) is 10.8 Å². The Morgan fingerprint density at radius 3 is 2.88 bits per heavy atom. The zero-order chi connectivity index (χ0) is 12.0. The summed E-state index contributed by atoms with van der Waals surface area (Å²) in [5.41, 5.74) is 6.87. The molecule has 0 aliphatic rings. The first kappa shape index (κ1) is 12.9. The molecule has 1 aromatic carbocycles. The minimum Gasteiger partial charge on any atom is -0.397 e. The summed E-state index contributed by atoms with van der Waals surface area (Å²) in [7, 11) is 0. The van der Waals surface area contributed by atoms with Gasteiger partial charge in [-0.3, -0.25) is 4.79 Å². The molecule has 4 N–H and O–H groups in total. The predicted octanol–water partition coefficient (Wildman–Crippen LogP) is 1.32. The largest absolute Gasteiger partial charge is 0.397 e. The number of carbonyl (C=O) groups excluding carboxylic acids is 1. The highest BCUT2D eigenvalue weighted by atomic mass is 32.2. The Morgan fingerprint density at radius 1 is 1.56 bits per heavy atom. The summed E-state index contributed by atoms with van der Waals surface area (Å²) in [5.74, 6) is 0.207. The number of aliphatic hydroxyl groups is 1. The molecule has 1 atom stereocenters. The summed E-state index contributed by atoms with van der Waals surface area (Å²) < 4.78 is 0. The third-order valence-corrected chi connectivity index (χ3v) is 3.14. The Morgan fingerprint density at radius 2 is 2.25 bits per heavy atom. The first-order chi connectivity index (χ1) is 7.63. The molecule has 0 aromatic heterocycles. The lowest BCUT2D eigenvalue weighted by atomic mass is 10.3. The number of anilines is 2. The van der Waals surface area contributed by atoms with Crippen LogP contribution in [-0.2, 0) is 4.79 Å². The van der Waals surface area contributed by atoms with E-state index in [0.717, 1.165) is 0 Å². The third-order valence-electron chi connectivity index (χ3n) is 1.99. The Labute approximate surface area is 99.2 Å². The van der Waals surface area contributed by atoms with Crippen LogP contribution in [0, 0.1) is 0 Å². The maximum absolute atomic E-state index is 11.5. The normalized spacial score (nSPS) is 12.1. The average Bonchev–Trinajstić information content (AvgIpc) is 2.29. The molecule has 0 saturated carbocycles. The second-order valence-corrected chi connectivity index (χ2v) is 4.87. The van der Waals surface area contributed by atoms with Crippen LogP contribution in [0.5, 0.6) is 0 Å². The number of nitrogens with two attached hydrogens (primary N) is 1. The van der Waals surface area contributed by atoms with Gasteiger partial charge in [0.25, 0.3) is 0 Å². The molecular weight excluding hydrogens is 224 g/mol. The Kier molecular flexibility index (Phi) is 5.14. The van der Waals surface area contributed by atoms with Crippen LogP contribution >= 0.6 is 11.8 Å². The van der Waals surface area contributed by atoms with Gasteiger partial charge in [-0.1, -0.05) is 19.1 Å². The molecule has 0 fully saturated rings. The molecule has 0 radical (unpaired) electrons. The minimum absolute atomic E-state index is 0.0684. The van der Waals surface area contributed by atoms with Crippen LogP contribution in [0.1, 0.15) is 6.92 Å². The molecule has 0 heterocycles. The van der Waals surface area contributed by atoms with E-state index in [1.54, 1.807) is 12.1 Å².